The standard InChI is InChI=1S/C15H18ClFN2O2/c1-3-9(2)14-15(21)19(7-6-13(20)18-14)12-5-4-10(16)8-11(12)17/h4-5,8-9,14H,3,6-7H2,1-2H3,(H,18,20). The number of nitrogens with zero attached hydrogens (tertiary/aromatic N) is 1. The number of benzene rings is 1. The number of halogens is 2. The van der Waals surface area contributed by atoms with Crippen LogP contribution < -0.4 is 10.2 Å². The van der Waals surface area contributed by atoms with Crippen molar-refractivity contribution in [3.8, 4) is 0 Å². The van der Waals surface area contributed by atoms with Crippen LogP contribution in [0, 0.1) is 11.7 Å². The van der Waals surface area contributed by atoms with Crippen molar-refractivity contribution in [2.24, 2.45) is 5.92 Å². The van der Waals surface area contributed by atoms with E-state index in [0.29, 0.717) is 0 Å². The van der Waals surface area contributed by atoms with Crippen molar-refractivity contribution in [2.75, 3.05) is 11.4 Å². The second-order valence-electron chi connectivity index (χ2n) is 5.27. The van der Waals surface area contributed by atoms with Crippen LogP contribution in [0.3, 0.4) is 0 Å². The molecule has 0 radical (unpaired) electrons. The van der Waals surface area contributed by atoms with E-state index in [4.69, 9.17) is 11.6 Å². The molecule has 1 aromatic rings. The maximum absolute atomic E-state index is 14.1. The van der Waals surface area contributed by atoms with E-state index < -0.39 is 11.9 Å². The first kappa shape index (κ1) is 15.8. The van der Waals surface area contributed by atoms with E-state index in [1.807, 2.05) is 13.8 Å². The Balaban J connectivity index is 2.37. The van der Waals surface area contributed by atoms with Crippen LogP contribution in [-0.2, 0) is 9.59 Å². The van der Waals surface area contributed by atoms with Crippen LogP contribution in [0.5, 0.6) is 0 Å². The second kappa shape index (κ2) is 6.43. The van der Waals surface area contributed by atoms with Crippen molar-refractivity contribution >= 4 is 29.1 Å². The largest absolute Gasteiger partial charge is 0.344 e. The van der Waals surface area contributed by atoms with Gasteiger partial charge in [-0.05, 0) is 24.1 Å². The van der Waals surface area contributed by atoms with Gasteiger partial charge in [0.05, 0.1) is 5.69 Å². The Morgan fingerprint density at radius 1 is 1.48 bits per heavy atom. The minimum absolute atomic E-state index is 0.0163. The minimum atomic E-state index is -0.625. The summed E-state index contributed by atoms with van der Waals surface area (Å²) in [6.07, 6.45) is 0.897. The van der Waals surface area contributed by atoms with Crippen LogP contribution in [0.1, 0.15) is 26.7 Å². The molecule has 2 rings (SSSR count). The predicted octanol–water partition coefficient (Wildman–Crippen LogP) is 2.75. The smallest absolute Gasteiger partial charge is 0.249 e. The molecular weight excluding hydrogens is 295 g/mol. The highest BCUT2D eigenvalue weighted by molar-refractivity contribution is 6.30. The monoisotopic (exact) mass is 312 g/mol. The summed E-state index contributed by atoms with van der Waals surface area (Å²) in [6, 6.07) is 3.55. The molecule has 2 unspecified atom stereocenters. The fourth-order valence-corrected chi connectivity index (χ4v) is 2.52. The molecule has 114 valence electrons. The van der Waals surface area contributed by atoms with Crippen LogP contribution in [-0.4, -0.2) is 24.4 Å². The summed E-state index contributed by atoms with van der Waals surface area (Å²) < 4.78 is 14.1. The second-order valence-corrected chi connectivity index (χ2v) is 5.70. The molecule has 0 saturated carbocycles. The van der Waals surface area contributed by atoms with Gasteiger partial charge in [-0.1, -0.05) is 31.9 Å². The molecule has 21 heavy (non-hydrogen) atoms. The number of hydrogen-bond donors (Lipinski definition) is 1. The van der Waals surface area contributed by atoms with Crippen molar-refractivity contribution in [3.63, 3.8) is 0 Å². The highest BCUT2D eigenvalue weighted by Crippen LogP contribution is 2.26. The van der Waals surface area contributed by atoms with Gasteiger partial charge in [0.15, 0.2) is 0 Å². The summed E-state index contributed by atoms with van der Waals surface area (Å²) in [7, 11) is 0. The van der Waals surface area contributed by atoms with Gasteiger partial charge in [-0.3, -0.25) is 9.59 Å². The third-order valence-corrected chi connectivity index (χ3v) is 4.06. The summed E-state index contributed by atoms with van der Waals surface area (Å²) >= 11 is 5.74. The zero-order valence-corrected chi connectivity index (χ0v) is 12.8. The van der Waals surface area contributed by atoms with Gasteiger partial charge >= 0.3 is 0 Å². The lowest BCUT2D eigenvalue weighted by atomic mass is 9.98. The molecule has 1 aliphatic heterocycles. The van der Waals surface area contributed by atoms with Crippen molar-refractivity contribution in [2.45, 2.75) is 32.7 Å². The molecule has 1 aliphatic rings. The molecule has 1 aromatic carbocycles. The van der Waals surface area contributed by atoms with Crippen LogP contribution in [0.15, 0.2) is 18.2 Å². The van der Waals surface area contributed by atoms with Crippen molar-refractivity contribution < 1.29 is 14.0 Å². The molecule has 0 aliphatic carbocycles. The molecule has 0 aromatic heterocycles. The van der Waals surface area contributed by atoms with Gasteiger partial charge in [-0.2, -0.15) is 0 Å². The topological polar surface area (TPSA) is 49.4 Å². The van der Waals surface area contributed by atoms with Gasteiger partial charge in [0.2, 0.25) is 11.8 Å². The summed E-state index contributed by atoms with van der Waals surface area (Å²) in [6.45, 7) is 4.00. The predicted molar refractivity (Wildman–Crippen MR) is 79.8 cm³/mol. The Hall–Kier alpha value is -1.62. The third-order valence-electron chi connectivity index (χ3n) is 3.82. The van der Waals surface area contributed by atoms with Gasteiger partial charge in [0.25, 0.3) is 0 Å². The highest BCUT2D eigenvalue weighted by Gasteiger charge is 2.34. The average Bonchev–Trinajstić information content (AvgIpc) is 2.59. The normalized spacial score (nSPS) is 21.0. The summed E-state index contributed by atoms with van der Waals surface area (Å²) in [5.74, 6) is -1.05. The first-order chi connectivity index (χ1) is 9.93. The summed E-state index contributed by atoms with van der Waals surface area (Å²) in [5, 5.41) is 3.00. The molecule has 6 heteroatoms. The number of anilines is 1. The Morgan fingerprint density at radius 2 is 2.19 bits per heavy atom. The fourth-order valence-electron chi connectivity index (χ4n) is 2.36. The summed E-state index contributed by atoms with van der Waals surface area (Å²) in [4.78, 5) is 25.7. The molecular formula is C15H18ClFN2O2. The SMILES string of the molecule is CCC(C)C1NC(=O)CCN(c2ccc(Cl)cc2F)C1=O. The van der Waals surface area contributed by atoms with E-state index in [0.717, 1.165) is 6.42 Å². The first-order valence-corrected chi connectivity index (χ1v) is 7.37. The van der Waals surface area contributed by atoms with E-state index in [2.05, 4.69) is 5.32 Å². The third kappa shape index (κ3) is 3.35. The van der Waals surface area contributed by atoms with Gasteiger partial charge in [-0.25, -0.2) is 4.39 Å². The number of hydrogen-bond acceptors (Lipinski definition) is 2. The van der Waals surface area contributed by atoms with Gasteiger partial charge in [0, 0.05) is 18.0 Å². The Morgan fingerprint density at radius 3 is 2.81 bits per heavy atom. The van der Waals surface area contributed by atoms with Crippen molar-refractivity contribution in [1.82, 2.24) is 5.32 Å². The Labute approximate surface area is 128 Å². The van der Waals surface area contributed by atoms with Crippen molar-refractivity contribution in [3.05, 3.63) is 29.0 Å². The molecule has 1 saturated heterocycles. The number of amides is 2. The van der Waals surface area contributed by atoms with Crippen LogP contribution in [0.4, 0.5) is 10.1 Å². The summed E-state index contributed by atoms with van der Waals surface area (Å²) in [5.41, 5.74) is 0.161. The molecule has 1 fully saturated rings. The molecule has 1 heterocycles. The quantitative estimate of drug-likeness (QED) is 0.933. The highest BCUT2D eigenvalue weighted by atomic mass is 35.5. The lowest BCUT2D eigenvalue weighted by Gasteiger charge is -2.27. The Bertz CT molecular complexity index is 565. The number of carbonyl (C=O) groups is 2. The zero-order chi connectivity index (χ0) is 15.6. The maximum atomic E-state index is 14.1. The molecule has 0 bridgehead atoms. The first-order valence-electron chi connectivity index (χ1n) is 6.99. The van der Waals surface area contributed by atoms with Gasteiger partial charge in [0.1, 0.15) is 11.9 Å². The number of carbonyl (C=O) groups excluding carboxylic acids is 2. The van der Waals surface area contributed by atoms with Crippen LogP contribution >= 0.6 is 11.6 Å². The molecule has 1 N–H and O–H groups in total. The average molecular weight is 313 g/mol. The molecule has 2 amide bonds. The fraction of sp³-hybridized carbons (Fsp3) is 0.467. The molecule has 0 spiro atoms. The zero-order valence-electron chi connectivity index (χ0n) is 12.0. The molecule has 2 atom stereocenters. The number of nitrogens with one attached hydrogen (secondary N) is 1. The minimum Gasteiger partial charge on any atom is -0.344 e. The van der Waals surface area contributed by atoms with Gasteiger partial charge in [-0.15, -0.1) is 0 Å². The van der Waals surface area contributed by atoms with E-state index in [-0.39, 0.29) is 41.4 Å². The molecule has 4 nitrogen and oxygen atoms in total. The van der Waals surface area contributed by atoms with Crippen LogP contribution in [0.2, 0.25) is 5.02 Å². The van der Waals surface area contributed by atoms with E-state index in [1.54, 1.807) is 0 Å². The van der Waals surface area contributed by atoms with E-state index in [9.17, 15) is 14.0 Å². The van der Waals surface area contributed by atoms with E-state index in [1.165, 1.54) is 23.1 Å². The van der Waals surface area contributed by atoms with Crippen molar-refractivity contribution in [1.29, 1.82) is 0 Å². The lowest BCUT2D eigenvalue weighted by Crippen LogP contribution is -2.48. The van der Waals surface area contributed by atoms with Crippen LogP contribution in [0.25, 0.3) is 0 Å². The number of rotatable bonds is 3. The Kier molecular flexibility index (Phi) is 4.83. The van der Waals surface area contributed by atoms with E-state index >= 15 is 0 Å². The lowest BCUT2D eigenvalue weighted by molar-refractivity contribution is -0.126. The van der Waals surface area contributed by atoms with Gasteiger partial charge < -0.3 is 10.2 Å². The maximum Gasteiger partial charge on any atom is 0.249 e.